The maximum atomic E-state index is 12.4. The van der Waals surface area contributed by atoms with Crippen LogP contribution in [0.1, 0.15) is 15.9 Å². The molecule has 0 unspecified atom stereocenters. The lowest BCUT2D eigenvalue weighted by molar-refractivity contribution is 0.0943. The minimum absolute atomic E-state index is 0.0889. The van der Waals surface area contributed by atoms with Crippen LogP contribution < -0.4 is 0 Å². The monoisotopic (exact) mass is 291 g/mol. The predicted octanol–water partition coefficient (Wildman–Crippen LogP) is 2.94. The molecule has 3 aromatic rings. The Morgan fingerprint density at radius 1 is 1.00 bits per heavy atom. The van der Waals surface area contributed by atoms with Gasteiger partial charge in [-0.25, -0.2) is 0 Å². The van der Waals surface area contributed by atoms with Crippen LogP contribution in [0, 0.1) is 0 Å². The molecule has 0 atom stereocenters. The van der Waals surface area contributed by atoms with Crippen LogP contribution in [0.3, 0.4) is 0 Å². The Hall–Kier alpha value is -2.59. The molecular weight excluding hydrogens is 274 g/mol. The largest absolute Gasteiger partial charge is 0.295 e. The summed E-state index contributed by atoms with van der Waals surface area (Å²) >= 11 is 0. The van der Waals surface area contributed by atoms with Crippen LogP contribution in [0.5, 0.6) is 0 Å². The first-order valence-electron chi connectivity index (χ1n) is 7.19. The maximum Gasteiger partial charge on any atom is 0.176 e. The van der Waals surface area contributed by atoms with E-state index in [0.29, 0.717) is 12.1 Å². The highest BCUT2D eigenvalue weighted by atomic mass is 16.1. The number of aromatic nitrogens is 2. The second-order valence-electron chi connectivity index (χ2n) is 5.34. The zero-order valence-corrected chi connectivity index (χ0v) is 12.4. The molecule has 4 nitrogen and oxygen atoms in total. The quantitative estimate of drug-likeness (QED) is 0.678. The normalized spacial score (nSPS) is 11.0. The molecule has 110 valence electrons. The zero-order valence-electron chi connectivity index (χ0n) is 12.4. The summed E-state index contributed by atoms with van der Waals surface area (Å²) < 4.78 is 0. The summed E-state index contributed by atoms with van der Waals surface area (Å²) in [6, 6.07) is 15.6. The van der Waals surface area contributed by atoms with Crippen molar-refractivity contribution in [2.45, 2.75) is 6.54 Å². The van der Waals surface area contributed by atoms with E-state index in [9.17, 15) is 4.79 Å². The van der Waals surface area contributed by atoms with Crippen LogP contribution in [0.4, 0.5) is 0 Å². The van der Waals surface area contributed by atoms with Crippen molar-refractivity contribution in [1.82, 2.24) is 14.9 Å². The van der Waals surface area contributed by atoms with Gasteiger partial charge in [-0.3, -0.25) is 19.7 Å². The molecule has 0 radical (unpaired) electrons. The number of ketones is 1. The molecule has 0 spiro atoms. The summed E-state index contributed by atoms with van der Waals surface area (Å²) in [5.41, 5.74) is 3.42. The van der Waals surface area contributed by atoms with Crippen molar-refractivity contribution in [3.8, 4) is 0 Å². The van der Waals surface area contributed by atoms with Gasteiger partial charge in [0.05, 0.1) is 17.6 Å². The van der Waals surface area contributed by atoms with Crippen LogP contribution >= 0.6 is 0 Å². The van der Waals surface area contributed by atoms with Gasteiger partial charge in [0.25, 0.3) is 0 Å². The fraction of sp³-hybridized carbons (Fsp3) is 0.167. The minimum Gasteiger partial charge on any atom is -0.295 e. The van der Waals surface area contributed by atoms with Crippen LogP contribution in [0.15, 0.2) is 60.9 Å². The lowest BCUT2D eigenvalue weighted by Gasteiger charge is -2.15. The van der Waals surface area contributed by atoms with E-state index in [1.807, 2.05) is 42.3 Å². The first-order chi connectivity index (χ1) is 10.7. The second kappa shape index (κ2) is 6.45. The van der Waals surface area contributed by atoms with Gasteiger partial charge in [0, 0.05) is 24.5 Å². The highest BCUT2D eigenvalue weighted by molar-refractivity contribution is 6.00. The van der Waals surface area contributed by atoms with Gasteiger partial charge < -0.3 is 0 Å². The number of carbonyl (C=O) groups excluding carboxylic acids is 1. The number of likely N-dealkylation sites (N-methyl/N-ethyl adjacent to an activating group) is 1. The number of hydrogen-bond donors (Lipinski definition) is 0. The van der Waals surface area contributed by atoms with E-state index in [1.54, 1.807) is 18.5 Å². The average Bonchev–Trinajstić information content (AvgIpc) is 2.55. The molecule has 22 heavy (non-hydrogen) atoms. The van der Waals surface area contributed by atoms with E-state index in [4.69, 9.17) is 0 Å². The molecule has 2 aromatic carbocycles. The maximum absolute atomic E-state index is 12.4. The fourth-order valence-corrected chi connectivity index (χ4v) is 2.42. The molecule has 0 amide bonds. The Kier molecular flexibility index (Phi) is 4.21. The van der Waals surface area contributed by atoms with Gasteiger partial charge in [-0.1, -0.05) is 30.3 Å². The first-order valence-corrected chi connectivity index (χ1v) is 7.19. The summed E-state index contributed by atoms with van der Waals surface area (Å²) in [5, 5.41) is 0. The molecule has 0 aliphatic heterocycles. The molecule has 0 saturated carbocycles. The minimum atomic E-state index is 0.0889. The Labute approximate surface area is 129 Å². The third kappa shape index (κ3) is 3.35. The van der Waals surface area contributed by atoms with Gasteiger partial charge in [0.2, 0.25) is 0 Å². The number of fused-ring (bicyclic) bond motifs is 1. The van der Waals surface area contributed by atoms with E-state index in [1.165, 1.54) is 5.56 Å². The fourth-order valence-electron chi connectivity index (χ4n) is 2.42. The molecule has 0 saturated heterocycles. The standard InChI is InChI=1S/C18H17N3O/c1-21(12-14-5-3-2-4-6-14)13-18(22)15-7-8-16-17(11-15)20-10-9-19-16/h2-11H,12-13H2,1H3. The molecule has 0 aliphatic rings. The van der Waals surface area contributed by atoms with Gasteiger partial charge in [0.15, 0.2) is 5.78 Å². The van der Waals surface area contributed by atoms with Gasteiger partial charge in [0.1, 0.15) is 0 Å². The van der Waals surface area contributed by atoms with E-state index in [2.05, 4.69) is 22.1 Å². The summed E-state index contributed by atoms with van der Waals surface area (Å²) in [5.74, 6) is 0.0889. The van der Waals surface area contributed by atoms with Crippen molar-refractivity contribution in [2.24, 2.45) is 0 Å². The first kappa shape index (κ1) is 14.4. The van der Waals surface area contributed by atoms with E-state index in [-0.39, 0.29) is 5.78 Å². The number of hydrogen-bond acceptors (Lipinski definition) is 4. The Bertz CT molecular complexity index is 786. The van der Waals surface area contributed by atoms with Crippen molar-refractivity contribution in [1.29, 1.82) is 0 Å². The Balaban J connectivity index is 1.70. The van der Waals surface area contributed by atoms with Crippen LogP contribution in [0.25, 0.3) is 11.0 Å². The SMILES string of the molecule is CN(CC(=O)c1ccc2nccnc2c1)Cc1ccccc1. The van der Waals surface area contributed by atoms with Gasteiger partial charge >= 0.3 is 0 Å². The van der Waals surface area contributed by atoms with Crippen molar-refractivity contribution in [3.05, 3.63) is 72.1 Å². The van der Waals surface area contributed by atoms with Crippen molar-refractivity contribution >= 4 is 16.8 Å². The molecule has 1 aromatic heterocycles. The van der Waals surface area contributed by atoms with Crippen molar-refractivity contribution < 1.29 is 4.79 Å². The smallest absolute Gasteiger partial charge is 0.176 e. The number of rotatable bonds is 5. The highest BCUT2D eigenvalue weighted by Crippen LogP contribution is 2.12. The van der Waals surface area contributed by atoms with E-state index in [0.717, 1.165) is 17.6 Å². The number of nitrogens with zero attached hydrogens (tertiary/aromatic N) is 3. The third-order valence-electron chi connectivity index (χ3n) is 3.50. The molecular formula is C18H17N3O. The van der Waals surface area contributed by atoms with Gasteiger partial charge in [-0.15, -0.1) is 0 Å². The predicted molar refractivity (Wildman–Crippen MR) is 86.6 cm³/mol. The van der Waals surface area contributed by atoms with Gasteiger partial charge in [-0.05, 0) is 30.8 Å². The van der Waals surface area contributed by atoms with Crippen LogP contribution in [-0.4, -0.2) is 34.2 Å². The highest BCUT2D eigenvalue weighted by Gasteiger charge is 2.11. The molecule has 1 heterocycles. The number of carbonyl (C=O) groups is 1. The molecule has 0 N–H and O–H groups in total. The average molecular weight is 291 g/mol. The lowest BCUT2D eigenvalue weighted by Crippen LogP contribution is -2.25. The topological polar surface area (TPSA) is 46.1 Å². The van der Waals surface area contributed by atoms with Crippen molar-refractivity contribution in [2.75, 3.05) is 13.6 Å². The molecule has 3 rings (SSSR count). The summed E-state index contributed by atoms with van der Waals surface area (Å²) in [4.78, 5) is 22.9. The van der Waals surface area contributed by atoms with E-state index < -0.39 is 0 Å². The zero-order chi connectivity index (χ0) is 15.4. The molecule has 0 fully saturated rings. The summed E-state index contributed by atoms with van der Waals surface area (Å²) in [6.45, 7) is 1.13. The lowest BCUT2D eigenvalue weighted by atomic mass is 10.1. The summed E-state index contributed by atoms with van der Waals surface area (Å²) in [7, 11) is 1.95. The Morgan fingerprint density at radius 3 is 2.50 bits per heavy atom. The van der Waals surface area contributed by atoms with Crippen molar-refractivity contribution in [3.63, 3.8) is 0 Å². The van der Waals surface area contributed by atoms with Crippen LogP contribution in [0.2, 0.25) is 0 Å². The van der Waals surface area contributed by atoms with E-state index >= 15 is 0 Å². The number of benzene rings is 2. The second-order valence-corrected chi connectivity index (χ2v) is 5.34. The van der Waals surface area contributed by atoms with Gasteiger partial charge in [-0.2, -0.15) is 0 Å². The Morgan fingerprint density at radius 2 is 1.73 bits per heavy atom. The molecule has 0 bridgehead atoms. The number of Topliss-reactive ketones (excluding diaryl/α,β-unsaturated/α-hetero) is 1. The molecule has 0 aliphatic carbocycles. The molecule has 4 heteroatoms. The summed E-state index contributed by atoms with van der Waals surface area (Å²) in [6.07, 6.45) is 3.29. The van der Waals surface area contributed by atoms with Crippen LogP contribution in [-0.2, 0) is 6.54 Å². The third-order valence-corrected chi connectivity index (χ3v) is 3.50.